The van der Waals surface area contributed by atoms with Crippen molar-refractivity contribution >= 4 is 27.5 Å². The van der Waals surface area contributed by atoms with Crippen molar-refractivity contribution in [3.05, 3.63) is 28.2 Å². The highest BCUT2D eigenvalue weighted by Gasteiger charge is 2.21. The summed E-state index contributed by atoms with van der Waals surface area (Å²) in [6.07, 6.45) is 2.14. The van der Waals surface area contributed by atoms with Crippen LogP contribution in [-0.4, -0.2) is 55.5 Å². The lowest BCUT2D eigenvalue weighted by molar-refractivity contribution is -0.130. The van der Waals surface area contributed by atoms with E-state index in [0.29, 0.717) is 12.6 Å². The summed E-state index contributed by atoms with van der Waals surface area (Å²) in [6.45, 7) is 4.59. The molecule has 1 heterocycles. The van der Waals surface area contributed by atoms with E-state index in [4.69, 9.17) is 0 Å². The Balaban J connectivity index is 1.84. The molecule has 4 nitrogen and oxygen atoms in total. The van der Waals surface area contributed by atoms with Gasteiger partial charge in [0.25, 0.3) is 0 Å². The van der Waals surface area contributed by atoms with Crippen LogP contribution in [0.15, 0.2) is 22.7 Å². The molecule has 1 N–H and O–H groups in total. The third-order valence-corrected chi connectivity index (χ3v) is 4.62. The first kappa shape index (κ1) is 16.3. The zero-order valence-electron chi connectivity index (χ0n) is 13.0. The fourth-order valence-electron chi connectivity index (χ4n) is 2.54. The van der Waals surface area contributed by atoms with Gasteiger partial charge in [-0.2, -0.15) is 0 Å². The molecule has 0 unspecified atom stereocenters. The Kier molecular flexibility index (Phi) is 5.65. The number of amides is 1. The molecular formula is C16H24BrN3O. The molecule has 116 valence electrons. The number of rotatable bonds is 4. The smallest absolute Gasteiger partial charge is 0.236 e. The van der Waals surface area contributed by atoms with Gasteiger partial charge in [0.15, 0.2) is 0 Å². The number of carbonyl (C=O) groups excluding carboxylic acids is 1. The van der Waals surface area contributed by atoms with Crippen molar-refractivity contribution in [1.29, 1.82) is 0 Å². The van der Waals surface area contributed by atoms with E-state index in [1.165, 1.54) is 5.56 Å². The zero-order valence-corrected chi connectivity index (χ0v) is 14.6. The van der Waals surface area contributed by atoms with Crippen LogP contribution >= 0.6 is 15.9 Å². The molecule has 0 atom stereocenters. The van der Waals surface area contributed by atoms with E-state index in [1.807, 2.05) is 14.1 Å². The second-order valence-electron chi connectivity index (χ2n) is 5.97. The Morgan fingerprint density at radius 2 is 2.05 bits per heavy atom. The highest BCUT2D eigenvalue weighted by atomic mass is 79.9. The molecule has 0 radical (unpaired) electrons. The van der Waals surface area contributed by atoms with E-state index in [9.17, 15) is 4.79 Å². The van der Waals surface area contributed by atoms with Crippen LogP contribution in [0.4, 0.5) is 5.69 Å². The molecule has 5 heteroatoms. The van der Waals surface area contributed by atoms with E-state index in [1.54, 1.807) is 4.90 Å². The summed E-state index contributed by atoms with van der Waals surface area (Å²) in [7, 11) is 3.62. The van der Waals surface area contributed by atoms with Crippen molar-refractivity contribution in [3.63, 3.8) is 0 Å². The molecule has 0 aliphatic carbocycles. The van der Waals surface area contributed by atoms with Crippen LogP contribution in [0.1, 0.15) is 18.4 Å². The van der Waals surface area contributed by atoms with Crippen LogP contribution in [0.3, 0.4) is 0 Å². The molecule has 1 amide bonds. The second kappa shape index (κ2) is 7.27. The van der Waals surface area contributed by atoms with Gasteiger partial charge in [0.1, 0.15) is 0 Å². The number of benzene rings is 1. The van der Waals surface area contributed by atoms with Gasteiger partial charge in [-0.15, -0.1) is 0 Å². The van der Waals surface area contributed by atoms with Crippen LogP contribution in [0.5, 0.6) is 0 Å². The highest BCUT2D eigenvalue weighted by molar-refractivity contribution is 9.10. The second-order valence-corrected chi connectivity index (χ2v) is 6.82. The summed E-state index contributed by atoms with van der Waals surface area (Å²) in [6, 6.07) is 6.84. The highest BCUT2D eigenvalue weighted by Crippen LogP contribution is 2.26. The first-order valence-electron chi connectivity index (χ1n) is 7.41. The van der Waals surface area contributed by atoms with Crippen molar-refractivity contribution in [2.24, 2.45) is 0 Å². The Bertz CT molecular complexity index is 496. The van der Waals surface area contributed by atoms with Crippen LogP contribution in [0.2, 0.25) is 0 Å². The number of likely N-dealkylation sites (tertiary alicyclic amines) is 1. The predicted octanol–water partition coefficient (Wildman–Crippen LogP) is 2.72. The maximum atomic E-state index is 11.7. The van der Waals surface area contributed by atoms with Gasteiger partial charge in [-0.05, 0) is 53.4 Å². The standard InChI is InChI=1S/C16H24BrN3O/c1-12-4-5-14(17)15(10-12)18-13-6-8-20(9-7-13)11-16(21)19(2)3/h4-5,10,13,18H,6-9,11H2,1-3H3. The number of piperidine rings is 1. The minimum Gasteiger partial charge on any atom is -0.381 e. The molecule has 21 heavy (non-hydrogen) atoms. The normalized spacial score (nSPS) is 16.8. The Hall–Kier alpha value is -1.07. The average Bonchev–Trinajstić information content (AvgIpc) is 2.45. The number of likely N-dealkylation sites (N-methyl/N-ethyl adjacent to an activating group) is 1. The van der Waals surface area contributed by atoms with Gasteiger partial charge >= 0.3 is 0 Å². The van der Waals surface area contributed by atoms with E-state index < -0.39 is 0 Å². The molecule has 1 aromatic rings. The lowest BCUT2D eigenvalue weighted by atomic mass is 10.0. The van der Waals surface area contributed by atoms with Crippen molar-refractivity contribution in [3.8, 4) is 0 Å². The Morgan fingerprint density at radius 3 is 2.67 bits per heavy atom. The molecule has 1 aromatic carbocycles. The Labute approximate surface area is 135 Å². The molecule has 0 saturated carbocycles. The van der Waals surface area contributed by atoms with E-state index in [-0.39, 0.29) is 5.91 Å². The Morgan fingerprint density at radius 1 is 1.38 bits per heavy atom. The lowest BCUT2D eigenvalue weighted by Crippen LogP contribution is -2.43. The van der Waals surface area contributed by atoms with Gasteiger partial charge in [0, 0.05) is 43.4 Å². The quantitative estimate of drug-likeness (QED) is 0.903. The SMILES string of the molecule is Cc1ccc(Br)c(NC2CCN(CC(=O)N(C)C)CC2)c1. The van der Waals surface area contributed by atoms with Crippen molar-refractivity contribution < 1.29 is 4.79 Å². The monoisotopic (exact) mass is 353 g/mol. The summed E-state index contributed by atoms with van der Waals surface area (Å²) < 4.78 is 1.11. The van der Waals surface area contributed by atoms with Crippen molar-refractivity contribution in [1.82, 2.24) is 9.80 Å². The van der Waals surface area contributed by atoms with Gasteiger partial charge in [0.05, 0.1) is 6.54 Å². The summed E-state index contributed by atoms with van der Waals surface area (Å²) in [5, 5.41) is 3.62. The number of hydrogen-bond acceptors (Lipinski definition) is 3. The van der Waals surface area contributed by atoms with Gasteiger partial charge < -0.3 is 10.2 Å². The molecule has 1 saturated heterocycles. The van der Waals surface area contributed by atoms with Crippen LogP contribution < -0.4 is 5.32 Å². The number of halogens is 1. The minimum atomic E-state index is 0.183. The fourth-order valence-corrected chi connectivity index (χ4v) is 2.90. The zero-order chi connectivity index (χ0) is 15.4. The van der Waals surface area contributed by atoms with Crippen molar-refractivity contribution in [2.45, 2.75) is 25.8 Å². The number of nitrogens with zero attached hydrogens (tertiary/aromatic N) is 2. The molecule has 1 aliphatic heterocycles. The summed E-state index contributed by atoms with van der Waals surface area (Å²) in [5.41, 5.74) is 2.42. The predicted molar refractivity (Wildman–Crippen MR) is 90.7 cm³/mol. The summed E-state index contributed by atoms with van der Waals surface area (Å²) in [5.74, 6) is 0.183. The van der Waals surface area contributed by atoms with Crippen LogP contribution in [-0.2, 0) is 4.79 Å². The summed E-state index contributed by atoms with van der Waals surface area (Å²) in [4.78, 5) is 15.6. The number of aryl methyl sites for hydroxylation is 1. The van der Waals surface area contributed by atoms with Gasteiger partial charge in [-0.3, -0.25) is 9.69 Å². The maximum Gasteiger partial charge on any atom is 0.236 e. The van der Waals surface area contributed by atoms with Crippen LogP contribution in [0, 0.1) is 6.92 Å². The molecule has 0 aromatic heterocycles. The largest absolute Gasteiger partial charge is 0.381 e. The van der Waals surface area contributed by atoms with E-state index >= 15 is 0 Å². The fraction of sp³-hybridized carbons (Fsp3) is 0.562. The topological polar surface area (TPSA) is 35.6 Å². The lowest BCUT2D eigenvalue weighted by Gasteiger charge is -2.33. The van der Waals surface area contributed by atoms with E-state index in [0.717, 1.165) is 36.1 Å². The van der Waals surface area contributed by atoms with Crippen molar-refractivity contribution in [2.75, 3.05) is 39.0 Å². The molecule has 0 spiro atoms. The third kappa shape index (κ3) is 4.71. The van der Waals surface area contributed by atoms with Gasteiger partial charge in [0.2, 0.25) is 5.91 Å². The molecule has 1 aliphatic rings. The molecule has 2 rings (SSSR count). The first-order chi connectivity index (χ1) is 9.95. The van der Waals surface area contributed by atoms with Gasteiger partial charge in [-0.25, -0.2) is 0 Å². The number of carbonyl (C=O) groups is 1. The number of nitrogens with one attached hydrogen (secondary N) is 1. The third-order valence-electron chi connectivity index (χ3n) is 3.93. The van der Waals surface area contributed by atoms with E-state index in [2.05, 4.69) is 51.3 Å². The molecule has 1 fully saturated rings. The number of anilines is 1. The summed E-state index contributed by atoms with van der Waals surface area (Å²) >= 11 is 3.59. The van der Waals surface area contributed by atoms with Crippen LogP contribution in [0.25, 0.3) is 0 Å². The molecular weight excluding hydrogens is 330 g/mol. The molecule has 0 bridgehead atoms. The first-order valence-corrected chi connectivity index (χ1v) is 8.20. The van der Waals surface area contributed by atoms with Gasteiger partial charge in [-0.1, -0.05) is 6.07 Å². The minimum absolute atomic E-state index is 0.183. The average molecular weight is 354 g/mol. The maximum absolute atomic E-state index is 11.7. The number of hydrogen-bond donors (Lipinski definition) is 1.